The van der Waals surface area contributed by atoms with Gasteiger partial charge in [-0.25, -0.2) is 0 Å². The van der Waals surface area contributed by atoms with Crippen molar-refractivity contribution in [1.82, 2.24) is 0 Å². The maximum Gasteiger partial charge on any atom is 0.250 e. The first-order chi connectivity index (χ1) is 8.58. The van der Waals surface area contributed by atoms with Crippen LogP contribution in [0, 0.1) is 0 Å². The van der Waals surface area contributed by atoms with Gasteiger partial charge in [0.2, 0.25) is 0 Å². The Morgan fingerprint density at radius 1 is 1.33 bits per heavy atom. The highest BCUT2D eigenvalue weighted by Crippen LogP contribution is 2.25. The lowest BCUT2D eigenvalue weighted by Gasteiger charge is -2.30. The number of nitrogens with one attached hydrogen (secondary N) is 1. The molecule has 0 radical (unpaired) electrons. The van der Waals surface area contributed by atoms with E-state index in [1.165, 1.54) is 0 Å². The third-order valence-corrected chi connectivity index (χ3v) is 3.64. The van der Waals surface area contributed by atoms with Crippen molar-refractivity contribution in [2.45, 2.75) is 37.8 Å². The fraction of sp³-hybridized carbons (Fsp3) is 0.462. The molecule has 2 atom stereocenters. The molecule has 1 aliphatic rings. The monoisotopic (exact) mass is 267 g/mol. The maximum atomic E-state index is 11.4. The molecule has 0 bridgehead atoms. The van der Waals surface area contributed by atoms with Crippen LogP contribution in [0.3, 0.4) is 0 Å². The molecule has 1 saturated carbocycles. The number of nitrogens with two attached hydrogens (primary N) is 2. The zero-order valence-corrected chi connectivity index (χ0v) is 10.9. The highest BCUT2D eigenvalue weighted by atomic mass is 35.5. The molecule has 2 unspecified atom stereocenters. The van der Waals surface area contributed by atoms with Crippen LogP contribution < -0.4 is 16.8 Å². The molecule has 0 aromatic heterocycles. The first kappa shape index (κ1) is 13.2. The summed E-state index contributed by atoms with van der Waals surface area (Å²) in [5.41, 5.74) is 12.6. The lowest BCUT2D eigenvalue weighted by molar-refractivity contribution is 0.100. The van der Waals surface area contributed by atoms with Gasteiger partial charge < -0.3 is 16.8 Å². The van der Waals surface area contributed by atoms with E-state index in [-0.39, 0.29) is 12.1 Å². The van der Waals surface area contributed by atoms with Crippen LogP contribution in [0.4, 0.5) is 5.69 Å². The summed E-state index contributed by atoms with van der Waals surface area (Å²) < 4.78 is 0. The van der Waals surface area contributed by atoms with Crippen LogP contribution in [0.25, 0.3) is 0 Å². The molecule has 18 heavy (non-hydrogen) atoms. The van der Waals surface area contributed by atoms with Gasteiger partial charge in [-0.15, -0.1) is 0 Å². The van der Waals surface area contributed by atoms with E-state index in [0.29, 0.717) is 16.3 Å². The maximum absolute atomic E-state index is 11.4. The lowest BCUT2D eigenvalue weighted by atomic mass is 9.90. The lowest BCUT2D eigenvalue weighted by Crippen LogP contribution is -2.42. The van der Waals surface area contributed by atoms with E-state index >= 15 is 0 Å². The highest BCUT2D eigenvalue weighted by Gasteiger charge is 2.22. The zero-order valence-electron chi connectivity index (χ0n) is 10.2. The van der Waals surface area contributed by atoms with E-state index < -0.39 is 5.91 Å². The predicted octanol–water partition coefficient (Wildman–Crippen LogP) is 2.12. The smallest absolute Gasteiger partial charge is 0.250 e. The quantitative estimate of drug-likeness (QED) is 0.785. The summed E-state index contributed by atoms with van der Waals surface area (Å²) in [6.07, 6.45) is 4.32. The Labute approximate surface area is 112 Å². The SMILES string of the molecule is NC(=O)c1ccc(Cl)cc1NC1CCCCC1N. The van der Waals surface area contributed by atoms with E-state index in [2.05, 4.69) is 5.32 Å². The molecule has 5 heteroatoms. The van der Waals surface area contributed by atoms with Crippen molar-refractivity contribution < 1.29 is 4.79 Å². The van der Waals surface area contributed by atoms with Gasteiger partial charge in [0.1, 0.15) is 0 Å². The molecular formula is C13H18ClN3O. The first-order valence-corrected chi connectivity index (χ1v) is 6.57. The number of halogens is 1. The second-order valence-electron chi connectivity index (χ2n) is 4.75. The minimum atomic E-state index is -0.460. The second-order valence-corrected chi connectivity index (χ2v) is 5.19. The van der Waals surface area contributed by atoms with Crippen molar-refractivity contribution in [3.63, 3.8) is 0 Å². The summed E-state index contributed by atoms with van der Waals surface area (Å²) >= 11 is 5.95. The Hall–Kier alpha value is -1.26. The van der Waals surface area contributed by atoms with Crippen LogP contribution in [0.5, 0.6) is 0 Å². The summed E-state index contributed by atoms with van der Waals surface area (Å²) in [5, 5.41) is 3.89. The van der Waals surface area contributed by atoms with Crippen LogP contribution in [0.2, 0.25) is 5.02 Å². The van der Waals surface area contributed by atoms with E-state index in [0.717, 1.165) is 25.7 Å². The fourth-order valence-corrected chi connectivity index (χ4v) is 2.56. The molecule has 0 saturated heterocycles. The van der Waals surface area contributed by atoms with Crippen LogP contribution in [-0.4, -0.2) is 18.0 Å². The molecule has 2 rings (SSSR count). The van der Waals surface area contributed by atoms with Gasteiger partial charge in [0.25, 0.3) is 5.91 Å². The number of amides is 1. The Morgan fingerprint density at radius 3 is 2.72 bits per heavy atom. The van der Waals surface area contributed by atoms with Crippen LogP contribution in [0.15, 0.2) is 18.2 Å². The molecule has 1 fully saturated rings. The van der Waals surface area contributed by atoms with Crippen molar-refractivity contribution in [1.29, 1.82) is 0 Å². The van der Waals surface area contributed by atoms with E-state index in [9.17, 15) is 4.79 Å². The van der Waals surface area contributed by atoms with Crippen LogP contribution in [0.1, 0.15) is 36.0 Å². The van der Waals surface area contributed by atoms with Gasteiger partial charge in [-0.1, -0.05) is 24.4 Å². The van der Waals surface area contributed by atoms with Crippen LogP contribution >= 0.6 is 11.6 Å². The Morgan fingerprint density at radius 2 is 2.06 bits per heavy atom. The van der Waals surface area contributed by atoms with Gasteiger partial charge in [0.05, 0.1) is 5.56 Å². The van der Waals surface area contributed by atoms with E-state index in [1.807, 2.05) is 0 Å². The van der Waals surface area contributed by atoms with Crippen molar-refractivity contribution in [2.24, 2.45) is 11.5 Å². The van der Waals surface area contributed by atoms with Gasteiger partial charge in [-0.05, 0) is 31.0 Å². The molecule has 0 heterocycles. The minimum absolute atomic E-state index is 0.110. The molecule has 4 nitrogen and oxygen atoms in total. The number of hydrogen-bond donors (Lipinski definition) is 3. The number of carbonyl (C=O) groups excluding carboxylic acids is 1. The van der Waals surface area contributed by atoms with Gasteiger partial charge in [0.15, 0.2) is 0 Å². The normalized spacial score (nSPS) is 23.7. The number of carbonyl (C=O) groups is 1. The number of primary amides is 1. The first-order valence-electron chi connectivity index (χ1n) is 6.19. The molecule has 5 N–H and O–H groups in total. The number of benzene rings is 1. The molecule has 1 aliphatic carbocycles. The molecule has 1 aromatic carbocycles. The Balaban J connectivity index is 2.21. The number of rotatable bonds is 3. The van der Waals surface area contributed by atoms with Gasteiger partial charge in [-0.3, -0.25) is 4.79 Å². The number of hydrogen-bond acceptors (Lipinski definition) is 3. The fourth-order valence-electron chi connectivity index (χ4n) is 2.39. The minimum Gasteiger partial charge on any atom is -0.380 e. The summed E-state index contributed by atoms with van der Waals surface area (Å²) in [7, 11) is 0. The van der Waals surface area contributed by atoms with Crippen molar-refractivity contribution in [3.8, 4) is 0 Å². The van der Waals surface area contributed by atoms with E-state index in [1.54, 1.807) is 18.2 Å². The summed E-state index contributed by atoms with van der Waals surface area (Å²) in [6.45, 7) is 0. The third-order valence-electron chi connectivity index (χ3n) is 3.41. The Bertz CT molecular complexity index is 450. The van der Waals surface area contributed by atoms with Crippen molar-refractivity contribution >= 4 is 23.2 Å². The average molecular weight is 268 g/mol. The largest absolute Gasteiger partial charge is 0.380 e. The van der Waals surface area contributed by atoms with Gasteiger partial charge >= 0.3 is 0 Å². The third kappa shape index (κ3) is 2.94. The highest BCUT2D eigenvalue weighted by molar-refractivity contribution is 6.31. The topological polar surface area (TPSA) is 81.1 Å². The molecular weight excluding hydrogens is 250 g/mol. The molecule has 0 spiro atoms. The summed E-state index contributed by atoms with van der Waals surface area (Å²) in [4.78, 5) is 11.4. The van der Waals surface area contributed by atoms with E-state index in [4.69, 9.17) is 23.1 Å². The Kier molecular flexibility index (Phi) is 4.09. The molecule has 98 valence electrons. The second kappa shape index (κ2) is 5.59. The standard InChI is InChI=1S/C13H18ClN3O/c14-8-5-6-9(13(16)18)12(7-8)17-11-4-2-1-3-10(11)15/h5-7,10-11,17H,1-4,15H2,(H2,16,18). The predicted molar refractivity (Wildman–Crippen MR) is 73.8 cm³/mol. The van der Waals surface area contributed by atoms with Crippen molar-refractivity contribution in [3.05, 3.63) is 28.8 Å². The van der Waals surface area contributed by atoms with Crippen molar-refractivity contribution in [2.75, 3.05) is 5.32 Å². The molecule has 1 aromatic rings. The van der Waals surface area contributed by atoms with Gasteiger partial charge in [-0.2, -0.15) is 0 Å². The average Bonchev–Trinajstić information content (AvgIpc) is 2.32. The number of anilines is 1. The summed E-state index contributed by atoms with van der Waals surface area (Å²) in [6, 6.07) is 5.31. The molecule has 0 aliphatic heterocycles. The summed E-state index contributed by atoms with van der Waals surface area (Å²) in [5.74, 6) is -0.460. The molecule has 1 amide bonds. The van der Waals surface area contributed by atoms with Gasteiger partial charge in [0, 0.05) is 22.8 Å². The van der Waals surface area contributed by atoms with Crippen LogP contribution in [-0.2, 0) is 0 Å². The zero-order chi connectivity index (χ0) is 13.1.